The number of aliphatic hydroxyl groups is 1. The number of alkyl halides is 6. The lowest BCUT2D eigenvalue weighted by atomic mass is 9.91. The molecule has 0 aliphatic carbocycles. The lowest BCUT2D eigenvalue weighted by molar-refractivity contribution is -0.138. The molecule has 7 nitrogen and oxygen atoms in total. The molecule has 2 aromatic carbocycles. The third-order valence-electron chi connectivity index (χ3n) is 5.50. The molecule has 0 saturated carbocycles. The lowest BCUT2D eigenvalue weighted by Gasteiger charge is -2.30. The Morgan fingerprint density at radius 3 is 2.24 bits per heavy atom. The minimum atomic E-state index is -4.66. The zero-order chi connectivity index (χ0) is 27.6. The maximum atomic E-state index is 13.1. The van der Waals surface area contributed by atoms with E-state index >= 15 is 0 Å². The van der Waals surface area contributed by atoms with Crippen LogP contribution in [0.1, 0.15) is 24.5 Å². The number of aromatic nitrogens is 3. The molecule has 1 atom stereocenters. The highest BCUT2D eigenvalue weighted by molar-refractivity contribution is 6.30. The van der Waals surface area contributed by atoms with E-state index in [1.807, 2.05) is 0 Å². The van der Waals surface area contributed by atoms with E-state index in [1.165, 1.54) is 37.3 Å². The molecule has 0 aliphatic rings. The van der Waals surface area contributed by atoms with Crippen LogP contribution in [0.25, 0.3) is 11.4 Å². The highest BCUT2D eigenvalue weighted by Gasteiger charge is 2.34. The number of benzene rings is 2. The predicted octanol–water partition coefficient (Wildman–Crippen LogP) is 4.36. The molecule has 0 radical (unpaired) electrons. The van der Waals surface area contributed by atoms with E-state index in [4.69, 9.17) is 11.6 Å². The molecule has 0 spiro atoms. The summed E-state index contributed by atoms with van der Waals surface area (Å²) >= 11 is 5.85. The lowest BCUT2D eigenvalue weighted by Crippen LogP contribution is -2.48. The van der Waals surface area contributed by atoms with Gasteiger partial charge in [0.1, 0.15) is 6.54 Å². The van der Waals surface area contributed by atoms with E-state index in [9.17, 15) is 41.0 Å². The average Bonchev–Trinajstić information content (AvgIpc) is 3.12. The van der Waals surface area contributed by atoms with Crippen molar-refractivity contribution in [2.45, 2.75) is 44.3 Å². The van der Waals surface area contributed by atoms with Crippen LogP contribution in [0, 0.1) is 0 Å². The molecule has 0 aliphatic heterocycles. The maximum Gasteiger partial charge on any atom is 0.416 e. The van der Waals surface area contributed by atoms with Crippen molar-refractivity contribution in [3.05, 3.63) is 75.2 Å². The van der Waals surface area contributed by atoms with Gasteiger partial charge in [0.05, 0.1) is 24.1 Å². The van der Waals surface area contributed by atoms with Crippen molar-refractivity contribution >= 4 is 17.5 Å². The van der Waals surface area contributed by atoms with Crippen molar-refractivity contribution in [3.8, 4) is 11.4 Å². The van der Waals surface area contributed by atoms with Crippen LogP contribution < -0.4 is 11.0 Å². The zero-order valence-electron chi connectivity index (χ0n) is 19.2. The number of nitrogens with zero attached hydrogens (tertiary/aromatic N) is 3. The fourth-order valence-corrected chi connectivity index (χ4v) is 3.65. The first-order valence-electron chi connectivity index (χ1n) is 10.7. The number of carbonyl (C=O) groups is 1. The summed E-state index contributed by atoms with van der Waals surface area (Å²) < 4.78 is 79.3. The topological polar surface area (TPSA) is 89.2 Å². The van der Waals surface area contributed by atoms with Gasteiger partial charge in [-0.15, -0.1) is 5.10 Å². The van der Waals surface area contributed by atoms with Crippen LogP contribution in [0.5, 0.6) is 0 Å². The molecule has 14 heteroatoms. The van der Waals surface area contributed by atoms with E-state index < -0.39 is 61.2 Å². The third kappa shape index (κ3) is 6.92. The molecular weight excluding hydrogens is 530 g/mol. The Bertz CT molecular complexity index is 1320. The van der Waals surface area contributed by atoms with Crippen molar-refractivity contribution in [3.63, 3.8) is 0 Å². The molecule has 1 amide bonds. The molecule has 3 aromatic rings. The van der Waals surface area contributed by atoms with Crippen molar-refractivity contribution in [2.75, 3.05) is 6.61 Å². The summed E-state index contributed by atoms with van der Waals surface area (Å²) in [5, 5.41) is 16.6. The second-order valence-electron chi connectivity index (χ2n) is 8.40. The molecule has 3 rings (SSSR count). The zero-order valence-corrected chi connectivity index (χ0v) is 20.0. The summed E-state index contributed by atoms with van der Waals surface area (Å²) in [6.45, 7) is -1.04. The number of amides is 1. The first-order chi connectivity index (χ1) is 17.1. The van der Waals surface area contributed by atoms with Gasteiger partial charge in [-0.1, -0.05) is 23.7 Å². The van der Waals surface area contributed by atoms with E-state index in [2.05, 4.69) is 10.4 Å². The van der Waals surface area contributed by atoms with Crippen LogP contribution in [-0.2, 0) is 29.6 Å². The van der Waals surface area contributed by atoms with Crippen LogP contribution >= 0.6 is 11.6 Å². The van der Waals surface area contributed by atoms with Crippen molar-refractivity contribution in [1.82, 2.24) is 19.7 Å². The van der Waals surface area contributed by atoms with Crippen molar-refractivity contribution in [2.24, 2.45) is 0 Å². The normalized spacial score (nSPS) is 13.9. The van der Waals surface area contributed by atoms with Gasteiger partial charge >= 0.3 is 18.0 Å². The largest absolute Gasteiger partial charge is 0.416 e. The minimum Gasteiger partial charge on any atom is -0.394 e. The van der Waals surface area contributed by atoms with Gasteiger partial charge in [-0.05, 0) is 48.9 Å². The van der Waals surface area contributed by atoms with Gasteiger partial charge in [-0.3, -0.25) is 9.36 Å². The number of carbonyl (C=O) groups excluding carboxylic acids is 1. The van der Waals surface area contributed by atoms with Gasteiger partial charge in [0.25, 0.3) is 0 Å². The fourth-order valence-electron chi connectivity index (χ4n) is 3.52. The van der Waals surface area contributed by atoms with Crippen LogP contribution in [0.2, 0.25) is 5.02 Å². The molecule has 0 saturated heterocycles. The summed E-state index contributed by atoms with van der Waals surface area (Å²) in [5.41, 5.74) is -3.45. The second-order valence-corrected chi connectivity index (χ2v) is 8.84. The number of halogens is 7. The van der Waals surface area contributed by atoms with E-state index in [0.717, 1.165) is 22.8 Å². The maximum absolute atomic E-state index is 13.1. The molecule has 1 heterocycles. The summed E-state index contributed by atoms with van der Waals surface area (Å²) in [5.74, 6) is -1.05. The smallest absolute Gasteiger partial charge is 0.394 e. The second kappa shape index (κ2) is 10.6. The Labute approximate surface area is 211 Å². The third-order valence-corrected chi connectivity index (χ3v) is 5.75. The SMILES string of the molecule is C[C@@](CO)(NC(=O)Cn1nc(-c2ccc(Cl)cc2)n(CCC(F)(F)F)c1=O)c1cccc(C(F)(F)F)c1. The summed E-state index contributed by atoms with van der Waals surface area (Å²) in [6.07, 6.45) is -10.6. The Hall–Kier alpha value is -3.32. The summed E-state index contributed by atoms with van der Waals surface area (Å²) in [4.78, 5) is 25.6. The number of hydrogen-bond acceptors (Lipinski definition) is 4. The molecule has 0 bridgehead atoms. The standard InChI is InChI=1S/C23H21ClF6N4O3/c1-21(13-35,15-3-2-4-16(11-15)23(28,29)30)31-18(36)12-34-20(37)33(10-9-22(25,26)27)19(32-34)14-5-7-17(24)8-6-14/h2-8,11,35H,9-10,12-13H2,1H3,(H,31,36)/t21-/m0/s1. The quantitative estimate of drug-likeness (QED) is 0.408. The predicted molar refractivity (Wildman–Crippen MR) is 122 cm³/mol. The van der Waals surface area contributed by atoms with Crippen LogP contribution in [0.3, 0.4) is 0 Å². The first-order valence-corrected chi connectivity index (χ1v) is 11.1. The molecule has 1 aromatic heterocycles. The number of rotatable bonds is 8. The molecule has 200 valence electrons. The van der Waals surface area contributed by atoms with E-state index in [1.54, 1.807) is 0 Å². The summed E-state index contributed by atoms with van der Waals surface area (Å²) in [7, 11) is 0. The molecule has 37 heavy (non-hydrogen) atoms. The minimum absolute atomic E-state index is 0.0527. The molecular formula is C23H21ClF6N4O3. The Balaban J connectivity index is 1.91. The van der Waals surface area contributed by atoms with E-state index in [-0.39, 0.29) is 17.0 Å². The Morgan fingerprint density at radius 2 is 1.68 bits per heavy atom. The average molecular weight is 551 g/mol. The van der Waals surface area contributed by atoms with Gasteiger partial charge in [0, 0.05) is 17.1 Å². The number of nitrogens with one attached hydrogen (secondary N) is 1. The van der Waals surface area contributed by atoms with Crippen LogP contribution in [0.15, 0.2) is 53.3 Å². The van der Waals surface area contributed by atoms with Crippen LogP contribution in [-0.4, -0.2) is 38.1 Å². The van der Waals surface area contributed by atoms with Gasteiger partial charge in [0.2, 0.25) is 5.91 Å². The molecule has 0 fully saturated rings. The number of hydrogen-bond donors (Lipinski definition) is 2. The molecule has 0 unspecified atom stereocenters. The van der Waals surface area contributed by atoms with Gasteiger partial charge < -0.3 is 10.4 Å². The van der Waals surface area contributed by atoms with Gasteiger partial charge in [-0.25, -0.2) is 9.48 Å². The number of aliphatic hydroxyl groups excluding tert-OH is 1. The van der Waals surface area contributed by atoms with E-state index in [0.29, 0.717) is 9.70 Å². The Morgan fingerprint density at radius 1 is 1.05 bits per heavy atom. The van der Waals surface area contributed by atoms with Crippen molar-refractivity contribution < 1.29 is 36.2 Å². The highest BCUT2D eigenvalue weighted by Crippen LogP contribution is 2.32. The van der Waals surface area contributed by atoms with Crippen molar-refractivity contribution in [1.29, 1.82) is 0 Å². The van der Waals surface area contributed by atoms with Gasteiger partial charge in [-0.2, -0.15) is 26.3 Å². The fraction of sp³-hybridized carbons (Fsp3) is 0.348. The van der Waals surface area contributed by atoms with Crippen LogP contribution in [0.4, 0.5) is 26.3 Å². The Kier molecular flexibility index (Phi) is 8.08. The summed E-state index contributed by atoms with van der Waals surface area (Å²) in [6, 6.07) is 9.77. The monoisotopic (exact) mass is 550 g/mol. The van der Waals surface area contributed by atoms with Gasteiger partial charge in [0.15, 0.2) is 5.82 Å². The molecule has 2 N–H and O–H groups in total. The highest BCUT2D eigenvalue weighted by atomic mass is 35.5. The first kappa shape index (κ1) is 28.3.